The molecule has 1 aromatic heterocycles. The Morgan fingerprint density at radius 2 is 1.93 bits per heavy atom. The standard InChI is InChI=1S/C22H31N3O3/c1-14-6-7-17(22(27)28)9-21(14)25-15(2)8-18(16(25)3)11-24-12-19(23(4)5)10-20(24)13-26/h6-9,19-20,26H,10-13H2,1-5H3,(H,27,28)/t19-,20+/m1/s1. The number of likely N-dealkylation sites (N-methyl/N-ethyl adjacent to an activating group) is 1. The van der Waals surface area contributed by atoms with Crippen molar-refractivity contribution in [2.75, 3.05) is 27.2 Å². The molecule has 28 heavy (non-hydrogen) atoms. The Morgan fingerprint density at radius 1 is 1.21 bits per heavy atom. The summed E-state index contributed by atoms with van der Waals surface area (Å²) in [5, 5.41) is 19.2. The molecule has 2 atom stereocenters. The van der Waals surface area contributed by atoms with Crippen molar-refractivity contribution in [3.05, 3.63) is 52.3 Å². The fourth-order valence-corrected chi connectivity index (χ4v) is 4.28. The molecule has 6 heteroatoms. The van der Waals surface area contributed by atoms with Gasteiger partial charge in [-0.15, -0.1) is 0 Å². The molecule has 0 spiro atoms. The highest BCUT2D eigenvalue weighted by Gasteiger charge is 2.33. The molecule has 2 aromatic rings. The molecule has 0 unspecified atom stereocenters. The minimum absolute atomic E-state index is 0.169. The van der Waals surface area contributed by atoms with Crippen molar-refractivity contribution >= 4 is 5.97 Å². The predicted molar refractivity (Wildman–Crippen MR) is 110 cm³/mol. The Morgan fingerprint density at radius 3 is 2.54 bits per heavy atom. The Hall–Kier alpha value is -2.15. The van der Waals surface area contributed by atoms with Crippen LogP contribution in [0.4, 0.5) is 0 Å². The van der Waals surface area contributed by atoms with Crippen molar-refractivity contribution in [2.24, 2.45) is 0 Å². The Balaban J connectivity index is 1.93. The van der Waals surface area contributed by atoms with Gasteiger partial charge in [0.2, 0.25) is 0 Å². The van der Waals surface area contributed by atoms with Gasteiger partial charge in [-0.1, -0.05) is 6.07 Å². The van der Waals surface area contributed by atoms with E-state index < -0.39 is 5.97 Å². The van der Waals surface area contributed by atoms with Crippen LogP contribution < -0.4 is 0 Å². The summed E-state index contributed by atoms with van der Waals surface area (Å²) >= 11 is 0. The number of aliphatic hydroxyl groups excluding tert-OH is 1. The van der Waals surface area contributed by atoms with E-state index in [1.54, 1.807) is 12.1 Å². The Bertz CT molecular complexity index is 872. The summed E-state index contributed by atoms with van der Waals surface area (Å²) in [5.74, 6) is -0.915. The summed E-state index contributed by atoms with van der Waals surface area (Å²) in [5.41, 5.74) is 5.67. The summed E-state index contributed by atoms with van der Waals surface area (Å²) in [6, 6.07) is 8.06. The van der Waals surface area contributed by atoms with Crippen LogP contribution in [0.25, 0.3) is 5.69 Å². The molecule has 3 rings (SSSR count). The number of aromatic carboxylic acids is 1. The molecule has 2 N–H and O–H groups in total. The third-order valence-corrected chi connectivity index (χ3v) is 6.05. The summed E-state index contributed by atoms with van der Waals surface area (Å²) in [6.45, 7) is 8.04. The van der Waals surface area contributed by atoms with Gasteiger partial charge in [0, 0.05) is 42.2 Å². The quantitative estimate of drug-likeness (QED) is 0.800. The van der Waals surface area contributed by atoms with Gasteiger partial charge in [-0.05, 0) is 70.6 Å². The second-order valence-electron chi connectivity index (χ2n) is 8.16. The van der Waals surface area contributed by atoms with Crippen molar-refractivity contribution in [1.29, 1.82) is 0 Å². The van der Waals surface area contributed by atoms with Gasteiger partial charge >= 0.3 is 5.97 Å². The Labute approximate surface area is 167 Å². The van der Waals surface area contributed by atoms with Gasteiger partial charge in [-0.2, -0.15) is 0 Å². The number of rotatable bonds is 6. The number of aromatic nitrogens is 1. The number of benzene rings is 1. The number of carboxylic acids is 1. The van der Waals surface area contributed by atoms with E-state index in [0.29, 0.717) is 11.6 Å². The molecule has 0 amide bonds. The SMILES string of the molecule is Cc1ccc(C(=O)O)cc1-n1c(C)cc(CN2C[C@H](N(C)C)C[C@H]2CO)c1C. The van der Waals surface area contributed by atoms with E-state index in [9.17, 15) is 15.0 Å². The molecule has 2 heterocycles. The lowest BCUT2D eigenvalue weighted by atomic mass is 10.1. The second-order valence-corrected chi connectivity index (χ2v) is 8.16. The molecule has 0 aliphatic carbocycles. The lowest BCUT2D eigenvalue weighted by molar-refractivity contribution is 0.0697. The molecule has 1 aliphatic heterocycles. The van der Waals surface area contributed by atoms with E-state index in [1.165, 1.54) is 5.56 Å². The number of aliphatic hydroxyl groups is 1. The number of likely N-dealkylation sites (tertiary alicyclic amines) is 1. The normalized spacial score (nSPS) is 20.2. The van der Waals surface area contributed by atoms with Crippen molar-refractivity contribution in [3.8, 4) is 5.69 Å². The zero-order valence-electron chi connectivity index (χ0n) is 17.4. The highest BCUT2D eigenvalue weighted by Crippen LogP contribution is 2.28. The zero-order chi connectivity index (χ0) is 20.6. The van der Waals surface area contributed by atoms with Crippen LogP contribution in [-0.4, -0.2) is 69.9 Å². The van der Waals surface area contributed by atoms with Gasteiger partial charge in [0.25, 0.3) is 0 Å². The average Bonchev–Trinajstić information content (AvgIpc) is 3.17. The van der Waals surface area contributed by atoms with E-state index >= 15 is 0 Å². The first-order chi connectivity index (χ1) is 13.2. The number of hydrogen-bond donors (Lipinski definition) is 2. The van der Waals surface area contributed by atoms with Crippen LogP contribution in [0.3, 0.4) is 0 Å². The van der Waals surface area contributed by atoms with E-state index in [0.717, 1.165) is 42.1 Å². The molecular formula is C22H31N3O3. The maximum absolute atomic E-state index is 11.4. The molecule has 6 nitrogen and oxygen atoms in total. The molecular weight excluding hydrogens is 354 g/mol. The molecule has 0 bridgehead atoms. The fraction of sp³-hybridized carbons (Fsp3) is 0.500. The van der Waals surface area contributed by atoms with Crippen LogP contribution in [0.1, 0.15) is 39.3 Å². The van der Waals surface area contributed by atoms with Crippen LogP contribution in [0.15, 0.2) is 24.3 Å². The van der Waals surface area contributed by atoms with Crippen LogP contribution >= 0.6 is 0 Å². The number of hydrogen-bond acceptors (Lipinski definition) is 4. The van der Waals surface area contributed by atoms with E-state index in [2.05, 4.69) is 48.4 Å². The van der Waals surface area contributed by atoms with Crippen molar-refractivity contribution < 1.29 is 15.0 Å². The molecule has 0 saturated carbocycles. The zero-order valence-corrected chi connectivity index (χ0v) is 17.4. The topological polar surface area (TPSA) is 68.9 Å². The molecule has 1 saturated heterocycles. The predicted octanol–water partition coefficient (Wildman–Crippen LogP) is 2.60. The van der Waals surface area contributed by atoms with Crippen LogP contribution in [0.5, 0.6) is 0 Å². The first-order valence-electron chi connectivity index (χ1n) is 9.76. The summed E-state index contributed by atoms with van der Waals surface area (Å²) < 4.78 is 2.14. The number of aryl methyl sites for hydroxylation is 2. The van der Waals surface area contributed by atoms with Crippen molar-refractivity contribution in [1.82, 2.24) is 14.4 Å². The van der Waals surface area contributed by atoms with Gasteiger partial charge < -0.3 is 19.7 Å². The summed E-state index contributed by atoms with van der Waals surface area (Å²) in [4.78, 5) is 16.0. The fourth-order valence-electron chi connectivity index (χ4n) is 4.28. The van der Waals surface area contributed by atoms with Gasteiger partial charge in [0.1, 0.15) is 0 Å². The number of carbonyl (C=O) groups is 1. The maximum atomic E-state index is 11.4. The third-order valence-electron chi connectivity index (χ3n) is 6.05. The van der Waals surface area contributed by atoms with Crippen molar-refractivity contribution in [2.45, 2.75) is 45.8 Å². The summed E-state index contributed by atoms with van der Waals surface area (Å²) in [6.07, 6.45) is 0.974. The molecule has 1 aromatic carbocycles. The minimum Gasteiger partial charge on any atom is -0.478 e. The lowest BCUT2D eigenvalue weighted by Crippen LogP contribution is -2.33. The highest BCUT2D eigenvalue weighted by molar-refractivity contribution is 5.88. The van der Waals surface area contributed by atoms with Gasteiger partial charge in [-0.3, -0.25) is 4.90 Å². The monoisotopic (exact) mass is 385 g/mol. The molecule has 1 aliphatic rings. The van der Waals surface area contributed by atoms with Crippen LogP contribution in [-0.2, 0) is 6.54 Å². The van der Waals surface area contributed by atoms with Gasteiger partial charge in [0.05, 0.1) is 12.2 Å². The minimum atomic E-state index is -0.915. The average molecular weight is 386 g/mol. The van der Waals surface area contributed by atoms with Crippen molar-refractivity contribution in [3.63, 3.8) is 0 Å². The van der Waals surface area contributed by atoms with E-state index in [4.69, 9.17) is 0 Å². The lowest BCUT2D eigenvalue weighted by Gasteiger charge is -2.23. The maximum Gasteiger partial charge on any atom is 0.335 e. The number of nitrogens with zero attached hydrogens (tertiary/aromatic N) is 3. The number of carboxylic acid groups (broad SMARTS) is 1. The van der Waals surface area contributed by atoms with Crippen LogP contribution in [0, 0.1) is 20.8 Å². The first-order valence-corrected chi connectivity index (χ1v) is 9.76. The second kappa shape index (κ2) is 8.07. The third kappa shape index (κ3) is 3.85. The van der Waals surface area contributed by atoms with Gasteiger partial charge in [0.15, 0.2) is 0 Å². The Kier molecular flexibility index (Phi) is 5.93. The largest absolute Gasteiger partial charge is 0.478 e. The van der Waals surface area contributed by atoms with Gasteiger partial charge in [-0.25, -0.2) is 4.79 Å². The molecule has 152 valence electrons. The van der Waals surface area contributed by atoms with E-state index in [-0.39, 0.29) is 12.6 Å². The van der Waals surface area contributed by atoms with E-state index in [1.807, 2.05) is 13.0 Å². The molecule has 1 fully saturated rings. The molecule has 0 radical (unpaired) electrons. The summed E-state index contributed by atoms with van der Waals surface area (Å²) in [7, 11) is 4.18. The smallest absolute Gasteiger partial charge is 0.335 e. The van der Waals surface area contributed by atoms with Crippen LogP contribution in [0.2, 0.25) is 0 Å². The first kappa shape index (κ1) is 20.6. The highest BCUT2D eigenvalue weighted by atomic mass is 16.4.